The predicted octanol–water partition coefficient (Wildman–Crippen LogP) is 2.95. The van der Waals surface area contributed by atoms with E-state index in [0.717, 1.165) is 6.92 Å². The van der Waals surface area contributed by atoms with Crippen LogP contribution < -0.4 is 0 Å². The molecule has 0 spiro atoms. The maximum absolute atomic E-state index is 12.0. The van der Waals surface area contributed by atoms with Gasteiger partial charge < -0.3 is 4.42 Å². The Balaban J connectivity index is 2.78. The molecular formula is C7H7F3O. The van der Waals surface area contributed by atoms with E-state index in [4.69, 9.17) is 0 Å². The van der Waals surface area contributed by atoms with Crippen molar-refractivity contribution in [3.63, 3.8) is 0 Å². The molecule has 1 aromatic heterocycles. The molecule has 0 N–H and O–H groups in total. The molecule has 1 atom stereocenters. The molecule has 0 bridgehead atoms. The van der Waals surface area contributed by atoms with E-state index in [9.17, 15) is 13.2 Å². The summed E-state index contributed by atoms with van der Waals surface area (Å²) < 4.78 is 40.5. The SMILES string of the molecule is CC(c1ccco1)C(F)(F)F. The van der Waals surface area contributed by atoms with E-state index in [2.05, 4.69) is 4.42 Å². The molecule has 0 amide bonds. The minimum absolute atomic E-state index is 0.0440. The molecule has 0 aromatic carbocycles. The maximum atomic E-state index is 12.0. The highest BCUT2D eigenvalue weighted by Crippen LogP contribution is 2.33. The Morgan fingerprint density at radius 2 is 2.09 bits per heavy atom. The van der Waals surface area contributed by atoms with Crippen molar-refractivity contribution in [2.75, 3.05) is 0 Å². The predicted molar refractivity (Wildman–Crippen MR) is 33.2 cm³/mol. The van der Waals surface area contributed by atoms with E-state index in [1.807, 2.05) is 0 Å². The fourth-order valence-corrected chi connectivity index (χ4v) is 0.699. The molecule has 1 unspecified atom stereocenters. The smallest absolute Gasteiger partial charge is 0.398 e. The summed E-state index contributed by atoms with van der Waals surface area (Å²) in [6.45, 7) is 1.07. The van der Waals surface area contributed by atoms with Gasteiger partial charge in [0.25, 0.3) is 0 Å². The van der Waals surface area contributed by atoms with E-state index in [-0.39, 0.29) is 5.76 Å². The van der Waals surface area contributed by atoms with Crippen molar-refractivity contribution >= 4 is 0 Å². The van der Waals surface area contributed by atoms with Crippen LogP contribution in [0, 0.1) is 0 Å². The zero-order valence-corrected chi connectivity index (χ0v) is 5.85. The van der Waals surface area contributed by atoms with Crippen molar-refractivity contribution in [1.82, 2.24) is 0 Å². The Bertz CT molecular complexity index is 212. The van der Waals surface area contributed by atoms with Crippen molar-refractivity contribution < 1.29 is 17.6 Å². The van der Waals surface area contributed by atoms with Gasteiger partial charge in [-0.3, -0.25) is 0 Å². The molecule has 1 aromatic rings. The lowest BCUT2D eigenvalue weighted by Crippen LogP contribution is -2.16. The van der Waals surface area contributed by atoms with Crippen LogP contribution in [0.4, 0.5) is 13.2 Å². The van der Waals surface area contributed by atoms with Crippen LogP contribution in [-0.4, -0.2) is 6.18 Å². The van der Waals surface area contributed by atoms with Crippen LogP contribution in [-0.2, 0) is 0 Å². The lowest BCUT2D eigenvalue weighted by Gasteiger charge is -2.11. The molecule has 1 rings (SSSR count). The third-order valence-corrected chi connectivity index (χ3v) is 1.46. The second-order valence-electron chi connectivity index (χ2n) is 2.28. The lowest BCUT2D eigenvalue weighted by molar-refractivity contribution is -0.149. The zero-order valence-electron chi connectivity index (χ0n) is 5.85. The first-order chi connectivity index (χ1) is 5.02. The van der Waals surface area contributed by atoms with Gasteiger partial charge in [0.15, 0.2) is 0 Å². The minimum atomic E-state index is -4.21. The molecule has 0 saturated carbocycles. The summed E-state index contributed by atoms with van der Waals surface area (Å²) in [4.78, 5) is 0. The molecule has 4 heteroatoms. The van der Waals surface area contributed by atoms with Gasteiger partial charge in [-0.2, -0.15) is 13.2 Å². The van der Waals surface area contributed by atoms with Crippen LogP contribution in [0.25, 0.3) is 0 Å². The number of hydrogen-bond donors (Lipinski definition) is 0. The Kier molecular flexibility index (Phi) is 1.93. The molecule has 62 valence electrons. The fraction of sp³-hybridized carbons (Fsp3) is 0.429. The molecule has 0 aliphatic carbocycles. The van der Waals surface area contributed by atoms with E-state index < -0.39 is 12.1 Å². The first-order valence-electron chi connectivity index (χ1n) is 3.12. The standard InChI is InChI=1S/C7H7F3O/c1-5(7(8,9)10)6-3-2-4-11-6/h2-5H,1H3. The van der Waals surface area contributed by atoms with Crippen molar-refractivity contribution in [2.45, 2.75) is 19.0 Å². The third kappa shape index (κ3) is 1.76. The summed E-state index contributed by atoms with van der Waals surface area (Å²) in [5.41, 5.74) is 0. The first-order valence-corrected chi connectivity index (χ1v) is 3.12. The Morgan fingerprint density at radius 3 is 2.45 bits per heavy atom. The van der Waals surface area contributed by atoms with Gasteiger partial charge in [-0.25, -0.2) is 0 Å². The van der Waals surface area contributed by atoms with Crippen LogP contribution >= 0.6 is 0 Å². The molecule has 11 heavy (non-hydrogen) atoms. The van der Waals surface area contributed by atoms with E-state index in [1.54, 1.807) is 0 Å². The summed E-state index contributed by atoms with van der Waals surface area (Å²) in [5.74, 6) is -1.56. The highest BCUT2D eigenvalue weighted by Gasteiger charge is 2.38. The highest BCUT2D eigenvalue weighted by atomic mass is 19.4. The second kappa shape index (κ2) is 2.60. The van der Waals surface area contributed by atoms with Crippen LogP contribution in [0.5, 0.6) is 0 Å². The Labute approximate surface area is 61.8 Å². The van der Waals surface area contributed by atoms with Gasteiger partial charge in [0, 0.05) is 0 Å². The molecule has 0 fully saturated rings. The largest absolute Gasteiger partial charge is 0.469 e. The first kappa shape index (κ1) is 8.17. The van der Waals surface area contributed by atoms with Crippen molar-refractivity contribution in [3.8, 4) is 0 Å². The molecule has 0 aliphatic heterocycles. The lowest BCUT2D eigenvalue weighted by atomic mass is 10.1. The molecule has 0 aliphatic rings. The normalized spacial score (nSPS) is 14.9. The van der Waals surface area contributed by atoms with Crippen molar-refractivity contribution in [1.29, 1.82) is 0 Å². The van der Waals surface area contributed by atoms with E-state index in [0.29, 0.717) is 0 Å². The molecule has 0 radical (unpaired) electrons. The number of rotatable bonds is 1. The average Bonchev–Trinajstić information content (AvgIpc) is 2.34. The monoisotopic (exact) mass is 164 g/mol. The Hall–Kier alpha value is -0.930. The van der Waals surface area contributed by atoms with Gasteiger partial charge >= 0.3 is 6.18 Å². The number of halogens is 3. The molecule has 1 nitrogen and oxygen atoms in total. The van der Waals surface area contributed by atoms with Crippen LogP contribution in [0.1, 0.15) is 18.6 Å². The molecule has 0 saturated heterocycles. The quantitative estimate of drug-likeness (QED) is 0.621. The topological polar surface area (TPSA) is 13.1 Å². The summed E-state index contributed by atoms with van der Waals surface area (Å²) in [6.07, 6.45) is -2.98. The van der Waals surface area contributed by atoms with Gasteiger partial charge in [-0.1, -0.05) is 0 Å². The summed E-state index contributed by atoms with van der Waals surface area (Å²) in [7, 11) is 0. The zero-order chi connectivity index (χ0) is 8.48. The fourth-order valence-electron chi connectivity index (χ4n) is 0.699. The van der Waals surface area contributed by atoms with Gasteiger partial charge in [-0.05, 0) is 19.1 Å². The van der Waals surface area contributed by atoms with Crippen LogP contribution in [0.2, 0.25) is 0 Å². The molecular weight excluding hydrogens is 157 g/mol. The van der Waals surface area contributed by atoms with E-state index >= 15 is 0 Å². The summed E-state index contributed by atoms with van der Waals surface area (Å²) >= 11 is 0. The number of furan rings is 1. The Morgan fingerprint density at radius 1 is 1.45 bits per heavy atom. The van der Waals surface area contributed by atoms with E-state index in [1.165, 1.54) is 18.4 Å². The van der Waals surface area contributed by atoms with Gasteiger partial charge in [0.05, 0.1) is 6.26 Å². The molecule has 1 heterocycles. The third-order valence-electron chi connectivity index (χ3n) is 1.46. The van der Waals surface area contributed by atoms with Gasteiger partial charge in [0.2, 0.25) is 0 Å². The van der Waals surface area contributed by atoms with Crippen molar-refractivity contribution in [3.05, 3.63) is 24.2 Å². The average molecular weight is 164 g/mol. The van der Waals surface area contributed by atoms with Gasteiger partial charge in [0.1, 0.15) is 11.7 Å². The summed E-state index contributed by atoms with van der Waals surface area (Å²) in [5, 5.41) is 0. The number of hydrogen-bond acceptors (Lipinski definition) is 1. The minimum Gasteiger partial charge on any atom is -0.469 e. The number of alkyl halides is 3. The van der Waals surface area contributed by atoms with Crippen molar-refractivity contribution in [2.24, 2.45) is 0 Å². The van der Waals surface area contributed by atoms with Crippen LogP contribution in [0.15, 0.2) is 22.8 Å². The highest BCUT2D eigenvalue weighted by molar-refractivity contribution is 5.05. The van der Waals surface area contributed by atoms with Gasteiger partial charge in [-0.15, -0.1) is 0 Å². The second-order valence-corrected chi connectivity index (χ2v) is 2.28. The summed E-state index contributed by atoms with van der Waals surface area (Å²) in [6, 6.07) is 2.76. The van der Waals surface area contributed by atoms with Crippen LogP contribution in [0.3, 0.4) is 0 Å². The maximum Gasteiger partial charge on any atom is 0.398 e.